The van der Waals surface area contributed by atoms with E-state index in [1.165, 1.54) is 6.07 Å². The van der Waals surface area contributed by atoms with Gasteiger partial charge in [-0.3, -0.25) is 0 Å². The lowest BCUT2D eigenvalue weighted by Crippen LogP contribution is -2.06. The van der Waals surface area contributed by atoms with Crippen molar-refractivity contribution in [1.29, 1.82) is 0 Å². The van der Waals surface area contributed by atoms with Gasteiger partial charge in [0.05, 0.1) is 6.61 Å². The molecule has 21 heavy (non-hydrogen) atoms. The molecule has 0 spiro atoms. The first-order chi connectivity index (χ1) is 10.2. The third kappa shape index (κ3) is 4.20. The van der Waals surface area contributed by atoms with Crippen LogP contribution in [-0.4, -0.2) is 13.7 Å². The lowest BCUT2D eigenvalue weighted by molar-refractivity contribution is 0.265. The second-order valence-corrected chi connectivity index (χ2v) is 4.62. The van der Waals surface area contributed by atoms with Crippen molar-refractivity contribution < 1.29 is 13.9 Å². The highest BCUT2D eigenvalue weighted by Crippen LogP contribution is 2.29. The largest absolute Gasteiger partial charge is 0.490 e. The highest BCUT2D eigenvalue weighted by Gasteiger charge is 2.08. The lowest BCUT2D eigenvalue weighted by atomic mass is 10.2. The molecule has 0 aliphatic rings. The summed E-state index contributed by atoms with van der Waals surface area (Å²) in [5.74, 6) is 1.05. The number of ether oxygens (including phenoxy) is 2. The predicted octanol–water partition coefficient (Wildman–Crippen LogP) is 3.52. The van der Waals surface area contributed by atoms with E-state index in [1.54, 1.807) is 18.2 Å². The van der Waals surface area contributed by atoms with Gasteiger partial charge >= 0.3 is 0 Å². The normalized spacial score (nSPS) is 10.4. The highest BCUT2D eigenvalue weighted by atomic mass is 19.1. The van der Waals surface area contributed by atoms with E-state index in [0.717, 1.165) is 12.1 Å². The van der Waals surface area contributed by atoms with E-state index >= 15 is 0 Å². The van der Waals surface area contributed by atoms with Gasteiger partial charge in [0.15, 0.2) is 11.5 Å². The van der Waals surface area contributed by atoms with E-state index in [2.05, 4.69) is 5.32 Å². The van der Waals surface area contributed by atoms with Crippen LogP contribution in [0.25, 0.3) is 0 Å². The Kier molecular flexibility index (Phi) is 5.58. The summed E-state index contributed by atoms with van der Waals surface area (Å²) in [6, 6.07) is 12.4. The maximum atomic E-state index is 13.6. The molecule has 3 nitrogen and oxygen atoms in total. The van der Waals surface area contributed by atoms with Crippen molar-refractivity contribution in [3.63, 3.8) is 0 Å². The van der Waals surface area contributed by atoms with Gasteiger partial charge in [-0.25, -0.2) is 4.39 Å². The molecule has 2 aromatic carbocycles. The minimum atomic E-state index is -0.262. The molecular formula is C17H20FNO2. The van der Waals surface area contributed by atoms with Crippen LogP contribution < -0.4 is 14.8 Å². The Morgan fingerprint density at radius 1 is 1.05 bits per heavy atom. The van der Waals surface area contributed by atoms with Gasteiger partial charge in [-0.1, -0.05) is 24.3 Å². The predicted molar refractivity (Wildman–Crippen MR) is 81.1 cm³/mol. The summed E-state index contributed by atoms with van der Waals surface area (Å²) in [6.45, 7) is 3.41. The molecule has 0 aliphatic carbocycles. The molecule has 0 radical (unpaired) electrons. The molecule has 0 aromatic heterocycles. The van der Waals surface area contributed by atoms with Crippen LogP contribution in [0.1, 0.15) is 18.1 Å². The Bertz CT molecular complexity index is 587. The van der Waals surface area contributed by atoms with Crippen LogP contribution in [0.2, 0.25) is 0 Å². The minimum Gasteiger partial charge on any atom is -0.490 e. The first-order valence-electron chi connectivity index (χ1n) is 7.01. The summed E-state index contributed by atoms with van der Waals surface area (Å²) in [6.07, 6.45) is 0. The molecule has 4 heteroatoms. The molecule has 1 N–H and O–H groups in total. The standard InChI is InChI=1S/C17H20FNO2/c1-3-20-17-10-13(11-19-2)8-9-16(17)21-12-14-6-4-5-7-15(14)18/h4-10,19H,3,11-12H2,1-2H3. The van der Waals surface area contributed by atoms with Crippen LogP contribution in [0, 0.1) is 5.82 Å². The zero-order chi connectivity index (χ0) is 15.1. The van der Waals surface area contributed by atoms with E-state index in [1.807, 2.05) is 32.2 Å². The van der Waals surface area contributed by atoms with Crippen LogP contribution >= 0.6 is 0 Å². The van der Waals surface area contributed by atoms with Crippen molar-refractivity contribution in [1.82, 2.24) is 5.32 Å². The van der Waals surface area contributed by atoms with E-state index in [-0.39, 0.29) is 12.4 Å². The highest BCUT2D eigenvalue weighted by molar-refractivity contribution is 5.43. The second-order valence-electron chi connectivity index (χ2n) is 4.62. The zero-order valence-electron chi connectivity index (χ0n) is 12.4. The Hall–Kier alpha value is -2.07. The summed E-state index contributed by atoms with van der Waals surface area (Å²) in [7, 11) is 1.89. The van der Waals surface area contributed by atoms with Gasteiger partial charge in [-0.15, -0.1) is 0 Å². The van der Waals surface area contributed by atoms with Crippen LogP contribution in [-0.2, 0) is 13.2 Å². The van der Waals surface area contributed by atoms with Crippen molar-refractivity contribution in [3.05, 3.63) is 59.4 Å². The van der Waals surface area contributed by atoms with Gasteiger partial charge in [0.2, 0.25) is 0 Å². The first-order valence-corrected chi connectivity index (χ1v) is 7.01. The van der Waals surface area contributed by atoms with E-state index in [0.29, 0.717) is 23.7 Å². The molecule has 0 unspecified atom stereocenters. The maximum absolute atomic E-state index is 13.6. The van der Waals surface area contributed by atoms with E-state index in [4.69, 9.17) is 9.47 Å². The average molecular weight is 289 g/mol. The molecule has 112 valence electrons. The number of hydrogen-bond donors (Lipinski definition) is 1. The molecule has 0 aliphatic heterocycles. The number of rotatable bonds is 7. The number of halogens is 1. The molecule has 0 saturated heterocycles. The number of hydrogen-bond acceptors (Lipinski definition) is 3. The van der Waals surface area contributed by atoms with Crippen LogP contribution in [0.15, 0.2) is 42.5 Å². The van der Waals surface area contributed by atoms with Gasteiger partial charge in [0, 0.05) is 12.1 Å². The topological polar surface area (TPSA) is 30.5 Å². The lowest BCUT2D eigenvalue weighted by Gasteiger charge is -2.13. The molecule has 2 aromatic rings. The Balaban J connectivity index is 2.13. The van der Waals surface area contributed by atoms with E-state index in [9.17, 15) is 4.39 Å². The maximum Gasteiger partial charge on any atom is 0.161 e. The molecular weight excluding hydrogens is 269 g/mol. The van der Waals surface area contributed by atoms with Crippen molar-refractivity contribution in [2.24, 2.45) is 0 Å². The molecule has 0 heterocycles. The van der Waals surface area contributed by atoms with Crippen LogP contribution in [0.4, 0.5) is 4.39 Å². The first kappa shape index (κ1) is 15.3. The summed E-state index contributed by atoms with van der Waals surface area (Å²) >= 11 is 0. The molecule has 0 fully saturated rings. The Morgan fingerprint density at radius 3 is 2.57 bits per heavy atom. The van der Waals surface area contributed by atoms with Gasteiger partial charge in [0.1, 0.15) is 12.4 Å². The second kappa shape index (κ2) is 7.64. The summed E-state index contributed by atoms with van der Waals surface area (Å²) < 4.78 is 24.9. The molecule has 0 atom stereocenters. The van der Waals surface area contributed by atoms with Crippen molar-refractivity contribution in [2.75, 3.05) is 13.7 Å². The van der Waals surface area contributed by atoms with Crippen molar-refractivity contribution >= 4 is 0 Å². The Morgan fingerprint density at radius 2 is 1.86 bits per heavy atom. The fourth-order valence-corrected chi connectivity index (χ4v) is 2.03. The molecule has 0 bridgehead atoms. The van der Waals surface area contributed by atoms with Gasteiger partial charge < -0.3 is 14.8 Å². The monoisotopic (exact) mass is 289 g/mol. The SMILES string of the molecule is CCOc1cc(CNC)ccc1OCc1ccccc1F. The van der Waals surface area contributed by atoms with Crippen molar-refractivity contribution in [3.8, 4) is 11.5 Å². The minimum absolute atomic E-state index is 0.179. The molecule has 2 rings (SSSR count). The third-order valence-electron chi connectivity index (χ3n) is 3.03. The van der Waals surface area contributed by atoms with Crippen molar-refractivity contribution in [2.45, 2.75) is 20.1 Å². The number of benzene rings is 2. The fraction of sp³-hybridized carbons (Fsp3) is 0.294. The van der Waals surface area contributed by atoms with Crippen LogP contribution in [0.3, 0.4) is 0 Å². The summed E-state index contributed by atoms with van der Waals surface area (Å²) in [5, 5.41) is 3.09. The summed E-state index contributed by atoms with van der Waals surface area (Å²) in [4.78, 5) is 0. The average Bonchev–Trinajstić information content (AvgIpc) is 2.49. The van der Waals surface area contributed by atoms with Gasteiger partial charge in [0.25, 0.3) is 0 Å². The molecule has 0 amide bonds. The zero-order valence-corrected chi connectivity index (χ0v) is 12.4. The summed E-state index contributed by atoms with van der Waals surface area (Å²) in [5.41, 5.74) is 1.64. The van der Waals surface area contributed by atoms with Crippen LogP contribution in [0.5, 0.6) is 11.5 Å². The molecule has 0 saturated carbocycles. The smallest absolute Gasteiger partial charge is 0.161 e. The quantitative estimate of drug-likeness (QED) is 0.846. The van der Waals surface area contributed by atoms with Gasteiger partial charge in [-0.05, 0) is 37.7 Å². The Labute approximate surface area is 124 Å². The fourth-order valence-electron chi connectivity index (χ4n) is 2.03. The van der Waals surface area contributed by atoms with Gasteiger partial charge in [-0.2, -0.15) is 0 Å². The third-order valence-corrected chi connectivity index (χ3v) is 3.03. The van der Waals surface area contributed by atoms with E-state index < -0.39 is 0 Å². The number of nitrogens with one attached hydrogen (secondary N) is 1.